The summed E-state index contributed by atoms with van der Waals surface area (Å²) < 4.78 is 17.4. The highest BCUT2D eigenvalue weighted by Crippen LogP contribution is 2.46. The van der Waals surface area contributed by atoms with E-state index in [4.69, 9.17) is 0 Å². The van der Waals surface area contributed by atoms with Gasteiger partial charge < -0.3 is 14.9 Å². The number of hydrogen-bond acceptors (Lipinski definition) is 5. The van der Waals surface area contributed by atoms with Crippen LogP contribution in [0.4, 0.5) is 0 Å². The molecule has 1 saturated carbocycles. The Kier molecular flexibility index (Phi) is 9.19. The Bertz CT molecular complexity index is 559. The third-order valence-corrected chi connectivity index (χ3v) is 8.05. The normalized spacial score (nSPS) is 34.4. The van der Waals surface area contributed by atoms with Crippen molar-refractivity contribution in [1.29, 1.82) is 0 Å². The van der Waals surface area contributed by atoms with Crippen LogP contribution < -0.4 is 0 Å². The number of carbonyl (C=O) groups is 1. The molecule has 6 heteroatoms. The number of aliphatic hydroxyl groups excluding tert-OH is 2. The molecular weight excluding hydrogens is 364 g/mol. The minimum atomic E-state index is -0.950. The van der Waals surface area contributed by atoms with Gasteiger partial charge in [0.05, 0.1) is 19.3 Å². The summed E-state index contributed by atoms with van der Waals surface area (Å²) in [6, 6.07) is 0. The average molecular weight is 399 g/mol. The van der Waals surface area contributed by atoms with Gasteiger partial charge in [0.2, 0.25) is 0 Å². The fraction of sp³-hybridized carbons (Fsp3) is 0.762. The van der Waals surface area contributed by atoms with Crippen LogP contribution >= 0.6 is 0 Å². The number of unbranched alkanes of at least 4 members (excludes halogenated alkanes) is 2. The second kappa shape index (κ2) is 11.1. The van der Waals surface area contributed by atoms with Crippen molar-refractivity contribution in [3.63, 3.8) is 0 Å². The van der Waals surface area contributed by atoms with E-state index in [-0.39, 0.29) is 28.3 Å². The molecule has 1 aliphatic heterocycles. The first kappa shape index (κ1) is 22.3. The van der Waals surface area contributed by atoms with Gasteiger partial charge in [-0.25, -0.2) is 4.79 Å². The molecule has 2 fully saturated rings. The molecule has 154 valence electrons. The fourth-order valence-electron chi connectivity index (χ4n) is 4.32. The zero-order valence-electron chi connectivity index (χ0n) is 16.5. The van der Waals surface area contributed by atoms with E-state index < -0.39 is 23.0 Å². The summed E-state index contributed by atoms with van der Waals surface area (Å²) in [5, 5.41) is 20.7. The summed E-state index contributed by atoms with van der Waals surface area (Å²) in [6.07, 6.45) is 12.9. The van der Waals surface area contributed by atoms with Gasteiger partial charge in [-0.05, 0) is 38.0 Å². The number of rotatable bonds is 10. The Balaban J connectivity index is 1.87. The zero-order chi connectivity index (χ0) is 19.8. The van der Waals surface area contributed by atoms with E-state index in [1.165, 1.54) is 13.2 Å². The van der Waals surface area contributed by atoms with E-state index >= 15 is 0 Å². The van der Waals surface area contributed by atoms with Gasteiger partial charge in [-0.2, -0.15) is 0 Å². The van der Waals surface area contributed by atoms with Gasteiger partial charge in [-0.15, -0.1) is 0 Å². The topological polar surface area (TPSA) is 83.8 Å². The van der Waals surface area contributed by atoms with Crippen molar-refractivity contribution in [2.24, 2.45) is 11.8 Å². The van der Waals surface area contributed by atoms with Gasteiger partial charge in [0, 0.05) is 33.3 Å². The molecule has 0 aromatic carbocycles. The number of hydrogen-bond donors (Lipinski definition) is 2. The van der Waals surface area contributed by atoms with E-state index in [1.807, 2.05) is 12.2 Å². The molecule has 0 amide bonds. The first-order valence-electron chi connectivity index (χ1n) is 10.2. The van der Waals surface area contributed by atoms with Gasteiger partial charge >= 0.3 is 5.97 Å². The van der Waals surface area contributed by atoms with E-state index in [0.717, 1.165) is 38.5 Å². The molecule has 1 saturated heterocycles. The van der Waals surface area contributed by atoms with Gasteiger partial charge in [-0.1, -0.05) is 44.4 Å². The second-order valence-electron chi connectivity index (χ2n) is 7.72. The molecule has 27 heavy (non-hydrogen) atoms. The number of ether oxygens (including phenoxy) is 1. The van der Waals surface area contributed by atoms with Gasteiger partial charge in [0.25, 0.3) is 0 Å². The highest BCUT2D eigenvalue weighted by Gasteiger charge is 2.51. The van der Waals surface area contributed by atoms with Crippen LogP contribution in [-0.2, 0) is 20.3 Å². The van der Waals surface area contributed by atoms with Crippen molar-refractivity contribution in [2.45, 2.75) is 81.0 Å². The molecule has 0 aromatic heterocycles. The molecule has 7 atom stereocenters. The first-order chi connectivity index (χ1) is 13.0. The largest absolute Gasteiger partial charge is 0.466 e. The van der Waals surface area contributed by atoms with Crippen LogP contribution in [0, 0.1) is 11.8 Å². The smallest absolute Gasteiger partial charge is 0.330 e. The molecule has 5 nitrogen and oxygen atoms in total. The van der Waals surface area contributed by atoms with Gasteiger partial charge in [0.15, 0.2) is 0 Å². The first-order valence-corrected chi connectivity index (χ1v) is 11.4. The molecule has 0 radical (unpaired) electrons. The third-order valence-electron chi connectivity index (χ3n) is 5.82. The Morgan fingerprint density at radius 1 is 1.33 bits per heavy atom. The summed E-state index contributed by atoms with van der Waals surface area (Å²) in [7, 11) is 0.397. The van der Waals surface area contributed by atoms with Gasteiger partial charge in [-0.3, -0.25) is 4.21 Å². The van der Waals surface area contributed by atoms with Crippen molar-refractivity contribution in [3.8, 4) is 0 Å². The molecule has 2 N–H and O–H groups in total. The summed E-state index contributed by atoms with van der Waals surface area (Å²) in [6.45, 7) is 2.14. The molecule has 2 unspecified atom stereocenters. The molecule has 2 aliphatic rings. The van der Waals surface area contributed by atoms with Crippen molar-refractivity contribution < 1.29 is 24.0 Å². The number of carbonyl (C=O) groups excluding carboxylic acids is 1. The Morgan fingerprint density at radius 3 is 2.81 bits per heavy atom. The van der Waals surface area contributed by atoms with Crippen LogP contribution in [-0.4, -0.2) is 50.2 Å². The van der Waals surface area contributed by atoms with Crippen molar-refractivity contribution in [1.82, 2.24) is 0 Å². The molecule has 0 spiro atoms. The maximum Gasteiger partial charge on any atom is 0.330 e. The van der Waals surface area contributed by atoms with Crippen LogP contribution in [0.5, 0.6) is 0 Å². The molecular formula is C21H34O5S. The summed E-state index contributed by atoms with van der Waals surface area (Å²) in [5.74, 6) is -0.171. The third kappa shape index (κ3) is 6.26. The number of fused-ring (bicyclic) bond motifs is 1. The number of methoxy groups -OCH3 is 1. The standard InChI is InChI=1S/C21H34O5S/c1-3-4-5-8-15(22)11-12-17-18-13-16(9-6-7-10-21(24)26-2)27(25)20(18)14-19(17)23/h7,10-12,15-20,22-23H,3-6,8-9,13-14H2,1-2H3/t15-,16?,17+,18+,19+,20+,27?/m0/s1. The number of aliphatic hydroxyl groups is 2. The lowest BCUT2D eigenvalue weighted by molar-refractivity contribution is -0.134. The predicted molar refractivity (Wildman–Crippen MR) is 108 cm³/mol. The van der Waals surface area contributed by atoms with Crippen LogP contribution in [0.15, 0.2) is 24.3 Å². The molecule has 2 rings (SSSR count). The second-order valence-corrected chi connectivity index (χ2v) is 9.65. The maximum atomic E-state index is 12.8. The molecule has 0 bridgehead atoms. The average Bonchev–Trinajstić information content (AvgIpc) is 3.12. The Hall–Kier alpha value is -0.980. The quantitative estimate of drug-likeness (QED) is 0.256. The summed E-state index contributed by atoms with van der Waals surface area (Å²) >= 11 is 0. The molecule has 1 aliphatic carbocycles. The van der Waals surface area contributed by atoms with Crippen LogP contribution in [0.2, 0.25) is 0 Å². The van der Waals surface area contributed by atoms with Crippen LogP contribution in [0.25, 0.3) is 0 Å². The van der Waals surface area contributed by atoms with E-state index in [0.29, 0.717) is 12.8 Å². The molecule has 0 aromatic rings. The maximum absolute atomic E-state index is 12.8. The van der Waals surface area contributed by atoms with Gasteiger partial charge in [0.1, 0.15) is 0 Å². The minimum Gasteiger partial charge on any atom is -0.466 e. The minimum absolute atomic E-state index is 0.0182. The predicted octanol–water partition coefficient (Wildman–Crippen LogP) is 2.88. The lowest BCUT2D eigenvalue weighted by Crippen LogP contribution is -2.19. The molecule has 1 heterocycles. The Morgan fingerprint density at radius 2 is 2.11 bits per heavy atom. The van der Waals surface area contributed by atoms with Crippen LogP contribution in [0.1, 0.15) is 58.3 Å². The lowest BCUT2D eigenvalue weighted by Gasteiger charge is -2.18. The van der Waals surface area contributed by atoms with E-state index in [2.05, 4.69) is 11.7 Å². The van der Waals surface area contributed by atoms with E-state index in [1.54, 1.807) is 6.08 Å². The summed E-state index contributed by atoms with van der Waals surface area (Å²) in [4.78, 5) is 11.1. The Labute approximate surface area is 165 Å². The summed E-state index contributed by atoms with van der Waals surface area (Å²) in [5.41, 5.74) is 0. The fourth-order valence-corrected chi connectivity index (χ4v) is 6.61. The highest BCUT2D eigenvalue weighted by molar-refractivity contribution is 7.86. The zero-order valence-corrected chi connectivity index (χ0v) is 17.3. The number of esters is 1. The number of allylic oxidation sites excluding steroid dienone is 1. The van der Waals surface area contributed by atoms with Crippen molar-refractivity contribution >= 4 is 16.8 Å². The monoisotopic (exact) mass is 398 g/mol. The van der Waals surface area contributed by atoms with Crippen LogP contribution in [0.3, 0.4) is 0 Å². The van der Waals surface area contributed by atoms with E-state index in [9.17, 15) is 19.2 Å². The lowest BCUT2D eigenvalue weighted by atomic mass is 9.89. The van der Waals surface area contributed by atoms with Crippen molar-refractivity contribution in [3.05, 3.63) is 24.3 Å². The van der Waals surface area contributed by atoms with Crippen molar-refractivity contribution in [2.75, 3.05) is 7.11 Å². The SMILES string of the molecule is CCCCC[C@H](O)C=C[C@@H]1[C@H]2CC(CCC=CC(=O)OC)S(=O)[C@@H]2C[C@H]1O. The highest BCUT2D eigenvalue weighted by atomic mass is 32.2.